The van der Waals surface area contributed by atoms with Crippen LogP contribution < -0.4 is 0 Å². The molecular weight excluding hydrogens is 272 g/mol. The molecule has 1 aromatic heterocycles. The molecule has 0 saturated carbocycles. The topological polar surface area (TPSA) is 55.2 Å². The summed E-state index contributed by atoms with van der Waals surface area (Å²) in [6.45, 7) is 7.10. The zero-order valence-electron chi connectivity index (χ0n) is 12.4. The van der Waals surface area contributed by atoms with Crippen molar-refractivity contribution in [3.05, 3.63) is 24.2 Å². The summed E-state index contributed by atoms with van der Waals surface area (Å²) in [7, 11) is 0. The first-order valence-corrected chi connectivity index (χ1v) is 7.38. The standard InChI is InChI=1S/C15H22N2O4/c1-13(18)17-4-6-20-12-15(11-17)10-16(3-7-21-15)8-14-2-5-19-9-14/h2,5,9H,3-4,6-8,10-12H2,1H3/t15-/m0/s1. The number of furan rings is 1. The van der Waals surface area contributed by atoms with E-state index >= 15 is 0 Å². The van der Waals surface area contributed by atoms with Crippen LogP contribution in [-0.2, 0) is 20.8 Å². The molecule has 3 heterocycles. The molecule has 1 spiro atoms. The molecule has 1 aromatic rings. The van der Waals surface area contributed by atoms with Gasteiger partial charge in [0.25, 0.3) is 0 Å². The van der Waals surface area contributed by atoms with Crippen molar-refractivity contribution >= 4 is 5.91 Å². The molecule has 6 heteroatoms. The summed E-state index contributed by atoms with van der Waals surface area (Å²) in [5, 5.41) is 0. The maximum absolute atomic E-state index is 11.7. The number of hydrogen-bond donors (Lipinski definition) is 0. The van der Waals surface area contributed by atoms with Gasteiger partial charge in [0.1, 0.15) is 5.60 Å². The number of morpholine rings is 1. The number of rotatable bonds is 2. The van der Waals surface area contributed by atoms with Gasteiger partial charge < -0.3 is 18.8 Å². The SMILES string of the molecule is CC(=O)N1CCOC[C@]2(CN(Cc3ccoc3)CCO2)C1. The quantitative estimate of drug-likeness (QED) is 0.805. The summed E-state index contributed by atoms with van der Waals surface area (Å²) in [5.41, 5.74) is 0.745. The van der Waals surface area contributed by atoms with Crippen molar-refractivity contribution in [2.24, 2.45) is 0 Å². The monoisotopic (exact) mass is 294 g/mol. The minimum atomic E-state index is -0.413. The first-order chi connectivity index (χ1) is 10.2. The second-order valence-electron chi connectivity index (χ2n) is 5.87. The van der Waals surface area contributed by atoms with Crippen molar-refractivity contribution in [3.8, 4) is 0 Å². The highest BCUT2D eigenvalue weighted by Gasteiger charge is 2.40. The Morgan fingerprint density at radius 2 is 2.24 bits per heavy atom. The zero-order valence-corrected chi connectivity index (χ0v) is 12.4. The average molecular weight is 294 g/mol. The van der Waals surface area contributed by atoms with Gasteiger partial charge in [-0.2, -0.15) is 0 Å². The van der Waals surface area contributed by atoms with Gasteiger partial charge in [-0.1, -0.05) is 0 Å². The van der Waals surface area contributed by atoms with Crippen LogP contribution in [0.4, 0.5) is 0 Å². The van der Waals surface area contributed by atoms with E-state index in [4.69, 9.17) is 13.9 Å². The minimum absolute atomic E-state index is 0.0791. The molecule has 116 valence electrons. The van der Waals surface area contributed by atoms with Crippen LogP contribution in [0.15, 0.2) is 23.0 Å². The van der Waals surface area contributed by atoms with Crippen LogP contribution in [0.1, 0.15) is 12.5 Å². The van der Waals surface area contributed by atoms with Crippen molar-refractivity contribution in [3.63, 3.8) is 0 Å². The molecule has 1 atom stereocenters. The Bertz CT molecular complexity index is 476. The molecule has 3 rings (SSSR count). The van der Waals surface area contributed by atoms with Crippen molar-refractivity contribution in [2.75, 3.05) is 46.0 Å². The van der Waals surface area contributed by atoms with Gasteiger partial charge in [0, 0.05) is 38.7 Å². The molecule has 2 fully saturated rings. The molecule has 6 nitrogen and oxygen atoms in total. The molecule has 0 N–H and O–H groups in total. The summed E-state index contributed by atoms with van der Waals surface area (Å²) in [6.07, 6.45) is 3.46. The second-order valence-corrected chi connectivity index (χ2v) is 5.87. The number of ether oxygens (including phenoxy) is 2. The van der Waals surface area contributed by atoms with E-state index < -0.39 is 5.60 Å². The normalized spacial score (nSPS) is 27.8. The molecule has 2 saturated heterocycles. The number of hydrogen-bond acceptors (Lipinski definition) is 5. The summed E-state index contributed by atoms with van der Waals surface area (Å²) in [6, 6.07) is 1.98. The Labute approximate surface area is 124 Å². The molecule has 0 radical (unpaired) electrons. The van der Waals surface area contributed by atoms with Crippen LogP contribution in [0.25, 0.3) is 0 Å². The van der Waals surface area contributed by atoms with E-state index in [1.807, 2.05) is 11.0 Å². The Kier molecular flexibility index (Phi) is 4.28. The smallest absolute Gasteiger partial charge is 0.219 e. The summed E-state index contributed by atoms with van der Waals surface area (Å²) >= 11 is 0. The lowest BCUT2D eigenvalue weighted by atomic mass is 10.0. The molecule has 0 aliphatic carbocycles. The van der Waals surface area contributed by atoms with Crippen LogP contribution in [0.5, 0.6) is 0 Å². The van der Waals surface area contributed by atoms with Crippen LogP contribution >= 0.6 is 0 Å². The number of carbonyl (C=O) groups is 1. The fraction of sp³-hybridized carbons (Fsp3) is 0.667. The summed E-state index contributed by atoms with van der Waals surface area (Å²) in [4.78, 5) is 15.9. The van der Waals surface area contributed by atoms with E-state index in [2.05, 4.69) is 4.90 Å². The van der Waals surface area contributed by atoms with Crippen LogP contribution in [0.3, 0.4) is 0 Å². The minimum Gasteiger partial charge on any atom is -0.472 e. The molecular formula is C15H22N2O4. The molecule has 2 aliphatic rings. The molecule has 0 aromatic carbocycles. The second kappa shape index (κ2) is 6.17. The van der Waals surface area contributed by atoms with Crippen molar-refractivity contribution < 1.29 is 18.7 Å². The highest BCUT2D eigenvalue weighted by Crippen LogP contribution is 2.24. The van der Waals surface area contributed by atoms with Crippen molar-refractivity contribution in [2.45, 2.75) is 19.1 Å². The predicted octanol–water partition coefficient (Wildman–Crippen LogP) is 0.729. The largest absolute Gasteiger partial charge is 0.472 e. The van der Waals surface area contributed by atoms with Gasteiger partial charge in [-0.25, -0.2) is 0 Å². The highest BCUT2D eigenvalue weighted by molar-refractivity contribution is 5.73. The van der Waals surface area contributed by atoms with E-state index in [1.165, 1.54) is 0 Å². The third-order valence-electron chi connectivity index (χ3n) is 4.11. The summed E-state index contributed by atoms with van der Waals surface area (Å²) in [5.74, 6) is 0.0791. The fourth-order valence-electron chi connectivity index (χ4n) is 3.06. The van der Waals surface area contributed by atoms with Crippen molar-refractivity contribution in [1.82, 2.24) is 9.80 Å². The first kappa shape index (κ1) is 14.6. The summed E-state index contributed by atoms with van der Waals surface area (Å²) < 4.78 is 16.8. The highest BCUT2D eigenvalue weighted by atomic mass is 16.5. The lowest BCUT2D eigenvalue weighted by molar-refractivity contribution is -0.151. The average Bonchev–Trinajstić information content (AvgIpc) is 2.87. The molecule has 0 bridgehead atoms. The lowest BCUT2D eigenvalue weighted by Crippen LogP contribution is -2.58. The van der Waals surface area contributed by atoms with Crippen LogP contribution in [0, 0.1) is 0 Å². The fourth-order valence-corrected chi connectivity index (χ4v) is 3.06. The number of carbonyl (C=O) groups excluding carboxylic acids is 1. The maximum atomic E-state index is 11.7. The van der Waals surface area contributed by atoms with Gasteiger partial charge in [0.05, 0.1) is 38.9 Å². The van der Waals surface area contributed by atoms with E-state index in [0.29, 0.717) is 32.9 Å². The number of amides is 1. The number of nitrogens with zero attached hydrogens (tertiary/aromatic N) is 2. The van der Waals surface area contributed by atoms with E-state index in [1.54, 1.807) is 19.5 Å². The van der Waals surface area contributed by atoms with Gasteiger partial charge >= 0.3 is 0 Å². The van der Waals surface area contributed by atoms with Gasteiger partial charge in [0.15, 0.2) is 0 Å². The Morgan fingerprint density at radius 3 is 3.00 bits per heavy atom. The molecule has 2 aliphatic heterocycles. The van der Waals surface area contributed by atoms with E-state index in [-0.39, 0.29) is 5.91 Å². The molecule has 1 amide bonds. The van der Waals surface area contributed by atoms with Crippen LogP contribution in [-0.4, -0.2) is 67.3 Å². The van der Waals surface area contributed by atoms with Gasteiger partial charge in [-0.3, -0.25) is 9.69 Å². The zero-order chi connectivity index (χ0) is 14.7. The molecule has 21 heavy (non-hydrogen) atoms. The van der Waals surface area contributed by atoms with E-state index in [9.17, 15) is 4.79 Å². The maximum Gasteiger partial charge on any atom is 0.219 e. The third-order valence-corrected chi connectivity index (χ3v) is 4.11. The van der Waals surface area contributed by atoms with Crippen molar-refractivity contribution in [1.29, 1.82) is 0 Å². The molecule has 0 unspecified atom stereocenters. The Morgan fingerprint density at radius 1 is 1.33 bits per heavy atom. The first-order valence-electron chi connectivity index (χ1n) is 7.38. The van der Waals surface area contributed by atoms with E-state index in [0.717, 1.165) is 25.2 Å². The van der Waals surface area contributed by atoms with Crippen LogP contribution in [0.2, 0.25) is 0 Å². The third kappa shape index (κ3) is 3.45. The lowest BCUT2D eigenvalue weighted by Gasteiger charge is -2.43. The Balaban J connectivity index is 1.69. The predicted molar refractivity (Wildman–Crippen MR) is 75.7 cm³/mol. The Hall–Kier alpha value is -1.37. The van der Waals surface area contributed by atoms with Gasteiger partial charge in [0.2, 0.25) is 5.91 Å². The van der Waals surface area contributed by atoms with Gasteiger partial charge in [-0.15, -0.1) is 0 Å². The van der Waals surface area contributed by atoms with Gasteiger partial charge in [-0.05, 0) is 6.07 Å².